The number of carbonyl (C=O) groups excluding carboxylic acids is 1. The highest BCUT2D eigenvalue weighted by Crippen LogP contribution is 2.32. The van der Waals surface area contributed by atoms with Crippen LogP contribution in [0.3, 0.4) is 0 Å². The van der Waals surface area contributed by atoms with Gasteiger partial charge in [-0.15, -0.1) is 0 Å². The topological polar surface area (TPSA) is 45.9 Å². The fourth-order valence-corrected chi connectivity index (χ4v) is 3.67. The summed E-state index contributed by atoms with van der Waals surface area (Å²) in [6.07, 6.45) is 0. The summed E-state index contributed by atoms with van der Waals surface area (Å²) in [5, 5.41) is 0. The van der Waals surface area contributed by atoms with Gasteiger partial charge in [0.15, 0.2) is 0 Å². The minimum atomic E-state index is 0.0530. The molecule has 1 aliphatic rings. The number of amides is 1. The van der Waals surface area contributed by atoms with Gasteiger partial charge in [-0.2, -0.15) is 0 Å². The maximum Gasteiger partial charge on any atom is 0.257 e. The van der Waals surface area contributed by atoms with Crippen molar-refractivity contribution in [3.05, 3.63) is 53.0 Å². The fraction of sp³-hybridized carbons (Fsp3) is 0.450. The molecular weight excluding hydrogens is 316 g/mol. The van der Waals surface area contributed by atoms with Crippen LogP contribution in [0.1, 0.15) is 33.4 Å². The number of likely N-dealkylation sites (tertiary alicyclic amines) is 1. The molecule has 0 radical (unpaired) electrons. The average molecular weight is 342 g/mol. The largest absolute Gasteiger partial charge is 0.497 e. The first-order chi connectivity index (χ1) is 11.9. The Kier molecular flexibility index (Phi) is 4.86. The van der Waals surface area contributed by atoms with Gasteiger partial charge in [-0.1, -0.05) is 12.1 Å². The molecule has 0 aliphatic carbocycles. The van der Waals surface area contributed by atoms with Gasteiger partial charge in [-0.3, -0.25) is 4.79 Å². The van der Waals surface area contributed by atoms with Crippen LogP contribution >= 0.6 is 0 Å². The van der Waals surface area contributed by atoms with Crippen molar-refractivity contribution in [1.82, 2.24) is 9.80 Å². The maximum absolute atomic E-state index is 13.0. The molecule has 1 aliphatic heterocycles. The Bertz CT molecular complexity index is 749. The highest BCUT2D eigenvalue weighted by atomic mass is 16.5. The Balaban J connectivity index is 1.84. The molecular formula is C20H26N2O3. The van der Waals surface area contributed by atoms with Crippen molar-refractivity contribution >= 4 is 5.91 Å². The van der Waals surface area contributed by atoms with Crippen molar-refractivity contribution < 1.29 is 13.9 Å². The number of carbonyl (C=O) groups is 1. The van der Waals surface area contributed by atoms with Gasteiger partial charge < -0.3 is 19.0 Å². The van der Waals surface area contributed by atoms with Crippen LogP contribution in [0.5, 0.6) is 5.75 Å². The number of nitrogens with zero attached hydrogens (tertiary/aromatic N) is 2. The summed E-state index contributed by atoms with van der Waals surface area (Å²) in [7, 11) is 5.81. The molecule has 1 saturated heterocycles. The molecule has 2 heterocycles. The normalized spacial score (nSPS) is 20.3. The summed E-state index contributed by atoms with van der Waals surface area (Å²) in [6.45, 7) is 5.14. The zero-order valence-corrected chi connectivity index (χ0v) is 15.6. The molecule has 0 unspecified atom stereocenters. The van der Waals surface area contributed by atoms with Gasteiger partial charge in [-0.05, 0) is 51.7 Å². The highest BCUT2D eigenvalue weighted by molar-refractivity contribution is 5.95. The van der Waals surface area contributed by atoms with Gasteiger partial charge >= 0.3 is 0 Å². The third-order valence-electron chi connectivity index (χ3n) is 5.05. The van der Waals surface area contributed by atoms with Crippen LogP contribution < -0.4 is 4.74 Å². The number of rotatable bonds is 4. The lowest BCUT2D eigenvalue weighted by Gasteiger charge is -2.25. The zero-order chi connectivity index (χ0) is 18.1. The van der Waals surface area contributed by atoms with E-state index < -0.39 is 0 Å². The molecule has 1 amide bonds. The van der Waals surface area contributed by atoms with E-state index in [2.05, 4.69) is 31.1 Å². The quantitative estimate of drug-likeness (QED) is 0.857. The van der Waals surface area contributed by atoms with Crippen LogP contribution in [0.15, 0.2) is 34.7 Å². The second-order valence-electron chi connectivity index (χ2n) is 6.95. The van der Waals surface area contributed by atoms with Gasteiger partial charge in [0.1, 0.15) is 17.3 Å². The second-order valence-corrected chi connectivity index (χ2v) is 6.95. The predicted octanol–water partition coefficient (Wildman–Crippen LogP) is 3.07. The van der Waals surface area contributed by atoms with E-state index in [1.807, 2.05) is 36.9 Å². The molecule has 0 saturated carbocycles. The Labute approximate surface area is 149 Å². The molecule has 5 heteroatoms. The van der Waals surface area contributed by atoms with Crippen LogP contribution in [0.25, 0.3) is 0 Å². The van der Waals surface area contributed by atoms with E-state index in [-0.39, 0.29) is 17.9 Å². The summed E-state index contributed by atoms with van der Waals surface area (Å²) in [5.74, 6) is 2.64. The Morgan fingerprint density at radius 1 is 1.20 bits per heavy atom. The van der Waals surface area contributed by atoms with Crippen molar-refractivity contribution in [2.75, 3.05) is 34.3 Å². The molecule has 0 bridgehead atoms. The average Bonchev–Trinajstić information content (AvgIpc) is 3.18. The van der Waals surface area contributed by atoms with E-state index in [9.17, 15) is 4.79 Å². The third kappa shape index (κ3) is 3.42. The number of hydrogen-bond donors (Lipinski definition) is 0. The first kappa shape index (κ1) is 17.5. The Morgan fingerprint density at radius 2 is 1.88 bits per heavy atom. The number of methoxy groups -OCH3 is 1. The lowest BCUT2D eigenvalue weighted by atomic mass is 9.93. The zero-order valence-electron chi connectivity index (χ0n) is 15.6. The number of aryl methyl sites for hydroxylation is 2. The number of hydrogen-bond acceptors (Lipinski definition) is 4. The second kappa shape index (κ2) is 6.92. The van der Waals surface area contributed by atoms with E-state index in [0.29, 0.717) is 24.4 Å². The smallest absolute Gasteiger partial charge is 0.257 e. The first-order valence-corrected chi connectivity index (χ1v) is 8.57. The number of ether oxygens (including phenoxy) is 1. The van der Waals surface area contributed by atoms with Crippen molar-refractivity contribution in [2.24, 2.45) is 0 Å². The first-order valence-electron chi connectivity index (χ1n) is 8.57. The molecule has 1 aromatic heterocycles. The summed E-state index contributed by atoms with van der Waals surface area (Å²) < 4.78 is 10.8. The van der Waals surface area contributed by atoms with E-state index in [1.54, 1.807) is 7.11 Å². The van der Waals surface area contributed by atoms with Gasteiger partial charge in [-0.25, -0.2) is 0 Å². The van der Waals surface area contributed by atoms with Gasteiger partial charge in [0.05, 0.1) is 12.7 Å². The summed E-state index contributed by atoms with van der Waals surface area (Å²) in [4.78, 5) is 17.1. The predicted molar refractivity (Wildman–Crippen MR) is 97.3 cm³/mol. The molecule has 0 spiro atoms. The van der Waals surface area contributed by atoms with Crippen molar-refractivity contribution in [3.8, 4) is 5.75 Å². The van der Waals surface area contributed by atoms with E-state index in [1.165, 1.54) is 5.56 Å². The van der Waals surface area contributed by atoms with Crippen molar-refractivity contribution in [1.29, 1.82) is 0 Å². The van der Waals surface area contributed by atoms with E-state index >= 15 is 0 Å². The molecule has 3 rings (SSSR count). The number of furan rings is 1. The van der Waals surface area contributed by atoms with Crippen LogP contribution in [0, 0.1) is 13.8 Å². The maximum atomic E-state index is 13.0. The molecule has 0 N–H and O–H groups in total. The molecule has 25 heavy (non-hydrogen) atoms. The monoisotopic (exact) mass is 342 g/mol. The van der Waals surface area contributed by atoms with Gasteiger partial charge in [0.25, 0.3) is 5.91 Å². The number of likely N-dealkylation sites (N-methyl/N-ethyl adjacent to an activating group) is 1. The fourth-order valence-electron chi connectivity index (χ4n) is 3.67. The summed E-state index contributed by atoms with van der Waals surface area (Å²) in [5.41, 5.74) is 1.90. The van der Waals surface area contributed by atoms with Gasteiger partial charge in [0.2, 0.25) is 0 Å². The van der Waals surface area contributed by atoms with Gasteiger partial charge in [0, 0.05) is 25.0 Å². The molecule has 2 atom stereocenters. The van der Waals surface area contributed by atoms with Crippen LogP contribution in [0.2, 0.25) is 0 Å². The van der Waals surface area contributed by atoms with Crippen LogP contribution in [0.4, 0.5) is 0 Å². The minimum Gasteiger partial charge on any atom is -0.497 e. The molecule has 2 aromatic rings. The molecule has 5 nitrogen and oxygen atoms in total. The lowest BCUT2D eigenvalue weighted by molar-refractivity contribution is 0.0780. The highest BCUT2D eigenvalue weighted by Gasteiger charge is 2.38. The van der Waals surface area contributed by atoms with Crippen molar-refractivity contribution in [2.45, 2.75) is 25.8 Å². The Morgan fingerprint density at radius 3 is 2.40 bits per heavy atom. The van der Waals surface area contributed by atoms with E-state index in [0.717, 1.165) is 11.5 Å². The SMILES string of the molecule is COc1ccc([C@@H]2CN(C(=O)c3cc(C)oc3C)C[C@H]2N(C)C)cc1. The lowest BCUT2D eigenvalue weighted by Crippen LogP contribution is -2.35. The minimum absolute atomic E-state index is 0.0530. The molecule has 134 valence electrons. The summed E-state index contributed by atoms with van der Waals surface area (Å²) >= 11 is 0. The van der Waals surface area contributed by atoms with Crippen molar-refractivity contribution in [3.63, 3.8) is 0 Å². The van der Waals surface area contributed by atoms with Crippen LogP contribution in [-0.4, -0.2) is 56.0 Å². The molecule has 1 aromatic carbocycles. The van der Waals surface area contributed by atoms with Crippen LogP contribution in [-0.2, 0) is 0 Å². The standard InChI is InChI=1S/C20H26N2O3/c1-13-10-17(14(2)25-13)20(23)22-11-18(19(12-22)21(3)4)15-6-8-16(24-5)9-7-15/h6-10,18-19H,11-12H2,1-5H3/t18-,19+/m0/s1. The third-order valence-corrected chi connectivity index (χ3v) is 5.05. The number of benzene rings is 1. The molecule has 1 fully saturated rings. The van der Waals surface area contributed by atoms with E-state index in [4.69, 9.17) is 9.15 Å². The summed E-state index contributed by atoms with van der Waals surface area (Å²) in [6, 6.07) is 10.3. The Hall–Kier alpha value is -2.27.